The number of anilines is 1. The van der Waals surface area contributed by atoms with Gasteiger partial charge in [-0.15, -0.1) is 0 Å². The highest BCUT2D eigenvalue weighted by Crippen LogP contribution is 2.43. The van der Waals surface area contributed by atoms with E-state index in [2.05, 4.69) is 41.3 Å². The van der Waals surface area contributed by atoms with Gasteiger partial charge in [-0.05, 0) is 86.8 Å². The molecule has 3 heterocycles. The van der Waals surface area contributed by atoms with Gasteiger partial charge in [-0.2, -0.15) is 4.98 Å². The summed E-state index contributed by atoms with van der Waals surface area (Å²) in [7, 11) is 0. The molecule has 2 aliphatic heterocycles. The van der Waals surface area contributed by atoms with Gasteiger partial charge in [0.1, 0.15) is 18.8 Å². The first kappa shape index (κ1) is 34.8. The fourth-order valence-electron chi connectivity index (χ4n) is 6.37. The average molecular weight is 650 g/mol. The first-order valence-corrected chi connectivity index (χ1v) is 17.4. The number of piperidine rings is 2. The summed E-state index contributed by atoms with van der Waals surface area (Å²) in [5, 5.41) is 0. The second-order valence-corrected chi connectivity index (χ2v) is 13.6. The minimum atomic E-state index is -0.458. The van der Waals surface area contributed by atoms with E-state index >= 15 is 0 Å². The largest absolute Gasteiger partial charge is 0.473 e. The van der Waals surface area contributed by atoms with Crippen LogP contribution in [0.3, 0.4) is 0 Å². The van der Waals surface area contributed by atoms with E-state index < -0.39 is 5.60 Å². The molecule has 0 radical (unpaired) electrons. The van der Waals surface area contributed by atoms with E-state index in [4.69, 9.17) is 19.2 Å². The summed E-state index contributed by atoms with van der Waals surface area (Å²) in [6, 6.07) is 32.9. The molecule has 48 heavy (non-hydrogen) atoms. The lowest BCUT2D eigenvalue weighted by molar-refractivity contribution is 0.00665. The number of hydrogen-bond acceptors (Lipinski definition) is 6. The fraction of sp³-hybridized carbons (Fsp3) is 0.415. The Kier molecular flexibility index (Phi) is 11.6. The van der Waals surface area contributed by atoms with Crippen LogP contribution in [0.1, 0.15) is 71.4 Å². The maximum atomic E-state index is 12.6. The lowest BCUT2D eigenvalue weighted by atomic mass is 9.71. The predicted molar refractivity (Wildman–Crippen MR) is 193 cm³/mol. The van der Waals surface area contributed by atoms with E-state index in [0.717, 1.165) is 74.1 Å². The zero-order valence-electron chi connectivity index (χ0n) is 29.3. The zero-order chi connectivity index (χ0) is 34.0. The van der Waals surface area contributed by atoms with Crippen molar-refractivity contribution < 1.29 is 19.0 Å². The normalized spacial score (nSPS) is 15.7. The molecule has 2 fully saturated rings. The van der Waals surface area contributed by atoms with Crippen LogP contribution in [0.15, 0.2) is 97.1 Å². The summed E-state index contributed by atoms with van der Waals surface area (Å²) >= 11 is 0. The van der Waals surface area contributed by atoms with Crippen LogP contribution in [0, 0.1) is 5.41 Å². The molecule has 1 spiro atoms. The van der Waals surface area contributed by atoms with Crippen molar-refractivity contribution >= 4 is 11.8 Å². The van der Waals surface area contributed by atoms with E-state index in [1.165, 1.54) is 5.69 Å². The fourth-order valence-corrected chi connectivity index (χ4v) is 6.37. The van der Waals surface area contributed by atoms with Crippen LogP contribution in [-0.2, 0) is 18.0 Å². The van der Waals surface area contributed by atoms with Crippen molar-refractivity contribution in [1.29, 1.82) is 0 Å². The van der Waals surface area contributed by atoms with Gasteiger partial charge < -0.3 is 24.0 Å². The Morgan fingerprint density at radius 2 is 1.25 bits per heavy atom. The first-order chi connectivity index (χ1) is 23.3. The monoisotopic (exact) mass is 649 g/mol. The quantitative estimate of drug-likeness (QED) is 0.189. The molecule has 0 aliphatic carbocycles. The molecular weight excluding hydrogens is 598 g/mol. The predicted octanol–water partition coefficient (Wildman–Crippen LogP) is 9.55. The SMILES string of the molecule is CC.CC(C)(C)OC(=O)N1CCC2(CC1)CCN(c1ccc(-c3ccc(OCc4ccccc4)nc3OCc3ccccc3)cc1)CC2. The molecule has 1 amide bonds. The van der Waals surface area contributed by atoms with Crippen LogP contribution in [0.25, 0.3) is 11.1 Å². The number of hydrogen-bond donors (Lipinski definition) is 0. The molecule has 4 aromatic rings. The summed E-state index contributed by atoms with van der Waals surface area (Å²) in [5.74, 6) is 1.09. The van der Waals surface area contributed by atoms with E-state index in [1.54, 1.807) is 0 Å². The van der Waals surface area contributed by atoms with Crippen LogP contribution in [-0.4, -0.2) is 47.8 Å². The van der Waals surface area contributed by atoms with Gasteiger partial charge in [-0.25, -0.2) is 4.79 Å². The molecular formula is C41H51N3O4. The number of carbonyl (C=O) groups excluding carboxylic acids is 1. The van der Waals surface area contributed by atoms with E-state index in [9.17, 15) is 4.79 Å². The molecule has 0 atom stereocenters. The van der Waals surface area contributed by atoms with Gasteiger partial charge in [0, 0.05) is 43.5 Å². The van der Waals surface area contributed by atoms with Crippen LogP contribution in [0.4, 0.5) is 10.5 Å². The van der Waals surface area contributed by atoms with Crippen LogP contribution in [0.5, 0.6) is 11.8 Å². The zero-order valence-corrected chi connectivity index (χ0v) is 29.3. The summed E-state index contributed by atoms with van der Waals surface area (Å²) in [6.07, 6.45) is 4.19. The van der Waals surface area contributed by atoms with Gasteiger partial charge in [0.05, 0.1) is 0 Å². The van der Waals surface area contributed by atoms with E-state index in [0.29, 0.717) is 30.4 Å². The average Bonchev–Trinajstić information content (AvgIpc) is 3.12. The van der Waals surface area contributed by atoms with Gasteiger partial charge in [0.2, 0.25) is 11.8 Å². The second-order valence-electron chi connectivity index (χ2n) is 13.6. The Bertz CT molecular complexity index is 1570. The van der Waals surface area contributed by atoms with Gasteiger partial charge in [0.25, 0.3) is 0 Å². The number of aromatic nitrogens is 1. The van der Waals surface area contributed by atoms with Crippen LogP contribution < -0.4 is 14.4 Å². The number of ether oxygens (including phenoxy) is 3. The summed E-state index contributed by atoms with van der Waals surface area (Å²) < 4.78 is 17.9. The molecule has 0 bridgehead atoms. The molecule has 0 saturated carbocycles. The highest BCUT2D eigenvalue weighted by Gasteiger charge is 2.39. The van der Waals surface area contributed by atoms with Gasteiger partial charge in [-0.1, -0.05) is 86.6 Å². The molecule has 7 nitrogen and oxygen atoms in total. The minimum absolute atomic E-state index is 0.182. The Labute approximate surface area is 286 Å². The summed E-state index contributed by atoms with van der Waals surface area (Å²) in [5.41, 5.74) is 5.25. The number of likely N-dealkylation sites (tertiary alicyclic amines) is 1. The molecule has 2 saturated heterocycles. The molecule has 3 aromatic carbocycles. The Hall–Kier alpha value is -4.52. The van der Waals surface area contributed by atoms with Gasteiger partial charge in [-0.3, -0.25) is 0 Å². The van der Waals surface area contributed by atoms with Crippen molar-refractivity contribution in [2.75, 3.05) is 31.1 Å². The third-order valence-corrected chi connectivity index (χ3v) is 9.13. The topological polar surface area (TPSA) is 64.1 Å². The smallest absolute Gasteiger partial charge is 0.410 e. The number of carbonyl (C=O) groups is 1. The van der Waals surface area contributed by atoms with Crippen molar-refractivity contribution in [1.82, 2.24) is 9.88 Å². The maximum Gasteiger partial charge on any atom is 0.410 e. The molecule has 6 rings (SSSR count). The highest BCUT2D eigenvalue weighted by atomic mass is 16.6. The van der Waals surface area contributed by atoms with Crippen molar-refractivity contribution in [3.63, 3.8) is 0 Å². The third kappa shape index (κ3) is 9.30. The Morgan fingerprint density at radius 1 is 0.708 bits per heavy atom. The van der Waals surface area contributed by atoms with Crippen LogP contribution >= 0.6 is 0 Å². The molecule has 0 unspecified atom stereocenters. The van der Waals surface area contributed by atoms with Crippen molar-refractivity contribution in [3.05, 3.63) is 108 Å². The Balaban J connectivity index is 0.00000221. The van der Waals surface area contributed by atoms with E-state index in [1.807, 2.05) is 100 Å². The third-order valence-electron chi connectivity index (χ3n) is 9.13. The molecule has 0 N–H and O–H groups in total. The number of amides is 1. The minimum Gasteiger partial charge on any atom is -0.473 e. The number of pyridine rings is 1. The molecule has 2 aliphatic rings. The van der Waals surface area contributed by atoms with E-state index in [-0.39, 0.29) is 6.09 Å². The lowest BCUT2D eigenvalue weighted by Crippen LogP contribution is -2.49. The molecule has 1 aromatic heterocycles. The molecule has 254 valence electrons. The number of rotatable bonds is 8. The van der Waals surface area contributed by atoms with Crippen LogP contribution in [0.2, 0.25) is 0 Å². The van der Waals surface area contributed by atoms with Crippen molar-refractivity contribution in [2.45, 2.75) is 79.1 Å². The lowest BCUT2D eigenvalue weighted by Gasteiger charge is -2.47. The number of nitrogens with zero attached hydrogens (tertiary/aromatic N) is 3. The van der Waals surface area contributed by atoms with Crippen molar-refractivity contribution in [3.8, 4) is 22.9 Å². The Morgan fingerprint density at radius 3 is 1.81 bits per heavy atom. The highest BCUT2D eigenvalue weighted by molar-refractivity contribution is 5.71. The van der Waals surface area contributed by atoms with Crippen molar-refractivity contribution in [2.24, 2.45) is 5.41 Å². The summed E-state index contributed by atoms with van der Waals surface area (Å²) in [6.45, 7) is 14.2. The maximum absolute atomic E-state index is 12.6. The standard InChI is InChI=1S/C39H45N3O4.C2H6/c1-38(2,3)46-37(43)42-26-22-39(23-27-42)20-24-41(25-21-39)33-16-14-32(15-17-33)34-18-19-35(44-28-30-10-6-4-7-11-30)40-36(34)45-29-31-12-8-5-9-13-31;1-2/h4-19H,20-29H2,1-3H3;1-2H3. The summed E-state index contributed by atoms with van der Waals surface area (Å²) in [4.78, 5) is 21.7. The second kappa shape index (κ2) is 16.1. The first-order valence-electron chi connectivity index (χ1n) is 17.4. The molecule has 7 heteroatoms. The van der Waals surface area contributed by atoms with Gasteiger partial charge in [0.15, 0.2) is 0 Å². The van der Waals surface area contributed by atoms with Gasteiger partial charge >= 0.3 is 6.09 Å². The number of benzene rings is 3.